The molecule has 7 heteroatoms. The highest BCUT2D eigenvalue weighted by atomic mass is 32.2. The maximum Gasteiger partial charge on any atom is 0.339 e. The Morgan fingerprint density at radius 2 is 1.58 bits per heavy atom. The molecule has 136 valence electrons. The number of halogens is 2. The zero-order valence-corrected chi connectivity index (χ0v) is 15.2. The highest BCUT2D eigenvalue weighted by molar-refractivity contribution is 7.90. The highest BCUT2D eigenvalue weighted by Gasteiger charge is 2.29. The topological polar surface area (TPSA) is 60.4 Å². The molecule has 0 aromatic heterocycles. The summed E-state index contributed by atoms with van der Waals surface area (Å²) in [6, 6.07) is 7.21. The standard InChI is InChI=1S/C19H16F2O4S/c1-10-4-5-12(6-11(10)2)17-14(9-25-19(17)22)13-7-15(20)18(16(21)8-13)26(3,23)24/h4-8H,9H2,1-3H3. The van der Waals surface area contributed by atoms with Crippen LogP contribution in [0, 0.1) is 25.5 Å². The van der Waals surface area contributed by atoms with Crippen LogP contribution in [0.3, 0.4) is 0 Å². The van der Waals surface area contributed by atoms with Crippen LogP contribution in [-0.4, -0.2) is 27.2 Å². The summed E-state index contributed by atoms with van der Waals surface area (Å²) < 4.78 is 56.6. The van der Waals surface area contributed by atoms with Crippen LogP contribution >= 0.6 is 0 Å². The van der Waals surface area contributed by atoms with E-state index in [1.807, 2.05) is 19.9 Å². The number of hydrogen-bond donors (Lipinski definition) is 0. The molecule has 1 aliphatic rings. The molecular formula is C19H16F2O4S. The number of esters is 1. The number of sulfone groups is 1. The summed E-state index contributed by atoms with van der Waals surface area (Å²) in [5.74, 6) is -2.99. The van der Waals surface area contributed by atoms with Crippen LogP contribution in [0.25, 0.3) is 11.1 Å². The van der Waals surface area contributed by atoms with E-state index in [1.54, 1.807) is 12.1 Å². The van der Waals surface area contributed by atoms with Crippen molar-refractivity contribution < 1.29 is 26.7 Å². The van der Waals surface area contributed by atoms with Crippen molar-refractivity contribution in [3.05, 3.63) is 64.2 Å². The fourth-order valence-corrected chi connectivity index (χ4v) is 3.74. The van der Waals surface area contributed by atoms with E-state index in [2.05, 4.69) is 0 Å². The van der Waals surface area contributed by atoms with E-state index in [-0.39, 0.29) is 17.7 Å². The SMILES string of the molecule is Cc1ccc(C2=C(c3cc(F)c(S(C)(=O)=O)c(F)c3)COC2=O)cc1C. The average molecular weight is 378 g/mol. The van der Waals surface area contributed by atoms with Gasteiger partial charge in [0, 0.05) is 11.8 Å². The molecule has 26 heavy (non-hydrogen) atoms. The molecule has 0 unspecified atom stereocenters. The zero-order chi connectivity index (χ0) is 19.2. The maximum absolute atomic E-state index is 14.2. The van der Waals surface area contributed by atoms with Crippen LogP contribution in [0.2, 0.25) is 0 Å². The van der Waals surface area contributed by atoms with E-state index in [0.29, 0.717) is 11.1 Å². The zero-order valence-electron chi connectivity index (χ0n) is 14.4. The third-order valence-electron chi connectivity index (χ3n) is 4.37. The van der Waals surface area contributed by atoms with Gasteiger partial charge in [-0.25, -0.2) is 22.0 Å². The van der Waals surface area contributed by atoms with Gasteiger partial charge in [0.1, 0.15) is 23.1 Å². The predicted octanol–water partition coefficient (Wildman–Crippen LogP) is 3.45. The van der Waals surface area contributed by atoms with Gasteiger partial charge in [-0.15, -0.1) is 0 Å². The number of hydrogen-bond acceptors (Lipinski definition) is 4. The Morgan fingerprint density at radius 1 is 0.962 bits per heavy atom. The van der Waals surface area contributed by atoms with Crippen LogP contribution in [-0.2, 0) is 19.4 Å². The molecule has 0 N–H and O–H groups in total. The van der Waals surface area contributed by atoms with Gasteiger partial charge >= 0.3 is 5.97 Å². The fourth-order valence-electron chi connectivity index (χ4n) is 2.91. The highest BCUT2D eigenvalue weighted by Crippen LogP contribution is 2.35. The van der Waals surface area contributed by atoms with Gasteiger partial charge < -0.3 is 4.74 Å². The molecule has 0 saturated heterocycles. The first-order valence-corrected chi connectivity index (χ1v) is 9.66. The van der Waals surface area contributed by atoms with Gasteiger partial charge in [0.05, 0.1) is 5.57 Å². The molecular weight excluding hydrogens is 362 g/mol. The smallest absolute Gasteiger partial charge is 0.339 e. The molecule has 0 spiro atoms. The second kappa shape index (κ2) is 6.32. The van der Waals surface area contributed by atoms with Crippen LogP contribution in [0.4, 0.5) is 8.78 Å². The summed E-state index contributed by atoms with van der Waals surface area (Å²) >= 11 is 0. The monoisotopic (exact) mass is 378 g/mol. The number of carbonyl (C=O) groups is 1. The van der Waals surface area contributed by atoms with Crippen molar-refractivity contribution in [1.82, 2.24) is 0 Å². The first-order valence-electron chi connectivity index (χ1n) is 7.77. The minimum Gasteiger partial charge on any atom is -0.457 e. The second-order valence-electron chi connectivity index (χ2n) is 6.27. The number of ether oxygens (including phenoxy) is 1. The Morgan fingerprint density at radius 3 is 2.12 bits per heavy atom. The number of benzene rings is 2. The minimum absolute atomic E-state index is 0.0754. The molecule has 2 aromatic rings. The number of aryl methyl sites for hydroxylation is 2. The number of carbonyl (C=O) groups excluding carboxylic acids is 1. The van der Waals surface area contributed by atoms with E-state index < -0.39 is 32.3 Å². The van der Waals surface area contributed by atoms with Gasteiger partial charge in [0.15, 0.2) is 9.84 Å². The van der Waals surface area contributed by atoms with Gasteiger partial charge in [-0.2, -0.15) is 0 Å². The molecule has 1 heterocycles. The van der Waals surface area contributed by atoms with Crippen LogP contribution in [0.1, 0.15) is 22.3 Å². The van der Waals surface area contributed by atoms with Crippen LogP contribution < -0.4 is 0 Å². The molecule has 2 aromatic carbocycles. The summed E-state index contributed by atoms with van der Waals surface area (Å²) in [6.45, 7) is 3.67. The third kappa shape index (κ3) is 3.14. The fraction of sp³-hybridized carbons (Fsp3) is 0.211. The molecule has 0 amide bonds. The normalized spacial score (nSPS) is 14.7. The lowest BCUT2D eigenvalue weighted by atomic mass is 9.94. The van der Waals surface area contributed by atoms with Crippen molar-refractivity contribution in [2.24, 2.45) is 0 Å². The lowest BCUT2D eigenvalue weighted by molar-refractivity contribution is -0.133. The van der Waals surface area contributed by atoms with E-state index in [0.717, 1.165) is 29.5 Å². The van der Waals surface area contributed by atoms with Crippen molar-refractivity contribution in [1.29, 1.82) is 0 Å². The number of cyclic esters (lactones) is 1. The van der Waals surface area contributed by atoms with Gasteiger partial charge in [-0.05, 0) is 48.2 Å². The van der Waals surface area contributed by atoms with E-state index in [9.17, 15) is 22.0 Å². The second-order valence-corrected chi connectivity index (χ2v) is 8.22. The molecule has 1 aliphatic heterocycles. The summed E-state index contributed by atoms with van der Waals surface area (Å²) in [6.07, 6.45) is 0.732. The lowest BCUT2D eigenvalue weighted by Crippen LogP contribution is -2.06. The van der Waals surface area contributed by atoms with Crippen LogP contribution in [0.15, 0.2) is 35.2 Å². The van der Waals surface area contributed by atoms with Crippen molar-refractivity contribution in [2.45, 2.75) is 18.7 Å². The van der Waals surface area contributed by atoms with E-state index >= 15 is 0 Å². The van der Waals surface area contributed by atoms with Gasteiger partial charge in [-0.1, -0.05) is 18.2 Å². The maximum atomic E-state index is 14.2. The Bertz CT molecular complexity index is 1050. The average Bonchev–Trinajstić information content (AvgIpc) is 2.89. The van der Waals surface area contributed by atoms with Gasteiger partial charge in [-0.3, -0.25) is 0 Å². The Labute approximate surface area is 150 Å². The minimum atomic E-state index is -4.06. The largest absolute Gasteiger partial charge is 0.457 e. The molecule has 0 radical (unpaired) electrons. The van der Waals surface area contributed by atoms with Gasteiger partial charge in [0.25, 0.3) is 0 Å². The quantitative estimate of drug-likeness (QED) is 0.768. The summed E-state index contributed by atoms with van der Waals surface area (Å²) in [5, 5.41) is 0. The Hall–Kier alpha value is -2.54. The predicted molar refractivity (Wildman–Crippen MR) is 93.2 cm³/mol. The summed E-state index contributed by atoms with van der Waals surface area (Å²) in [5.41, 5.74) is 3.19. The molecule has 0 bridgehead atoms. The van der Waals surface area contributed by atoms with E-state index in [4.69, 9.17) is 4.74 Å². The molecule has 0 fully saturated rings. The van der Waals surface area contributed by atoms with E-state index in [1.165, 1.54) is 0 Å². The lowest BCUT2D eigenvalue weighted by Gasteiger charge is -2.09. The third-order valence-corrected chi connectivity index (χ3v) is 5.50. The van der Waals surface area contributed by atoms with Crippen molar-refractivity contribution in [3.8, 4) is 0 Å². The first-order chi connectivity index (χ1) is 12.1. The molecule has 0 aliphatic carbocycles. The van der Waals surface area contributed by atoms with Crippen molar-refractivity contribution in [3.63, 3.8) is 0 Å². The first kappa shape index (κ1) is 18.3. The summed E-state index contributed by atoms with van der Waals surface area (Å²) in [4.78, 5) is 11.2. The molecule has 4 nitrogen and oxygen atoms in total. The van der Waals surface area contributed by atoms with Crippen molar-refractivity contribution >= 4 is 27.0 Å². The summed E-state index contributed by atoms with van der Waals surface area (Å²) in [7, 11) is -4.06. The molecule has 3 rings (SSSR count). The number of rotatable bonds is 3. The van der Waals surface area contributed by atoms with Gasteiger partial charge in [0.2, 0.25) is 0 Å². The van der Waals surface area contributed by atoms with Crippen molar-refractivity contribution in [2.75, 3.05) is 12.9 Å². The van der Waals surface area contributed by atoms with Crippen LogP contribution in [0.5, 0.6) is 0 Å². The molecule has 0 saturated carbocycles. The molecule has 0 atom stereocenters. The Kier molecular flexibility index (Phi) is 4.44. The Balaban J connectivity index is 2.22.